The van der Waals surface area contributed by atoms with Crippen LogP contribution in [-0.4, -0.2) is 24.5 Å². The summed E-state index contributed by atoms with van der Waals surface area (Å²) in [5.41, 5.74) is 0.106. The first-order valence-corrected chi connectivity index (χ1v) is 7.08. The van der Waals surface area contributed by atoms with Crippen LogP contribution >= 0.6 is 0 Å². The molecule has 0 saturated carbocycles. The van der Waals surface area contributed by atoms with Gasteiger partial charge in [-0.25, -0.2) is 4.98 Å². The third kappa shape index (κ3) is 5.15. The van der Waals surface area contributed by atoms with Crippen LogP contribution in [0.3, 0.4) is 0 Å². The summed E-state index contributed by atoms with van der Waals surface area (Å²) >= 11 is 0. The number of ether oxygens (including phenoxy) is 1. The Balaban J connectivity index is 1.87. The summed E-state index contributed by atoms with van der Waals surface area (Å²) in [4.78, 5) is 14.8. The zero-order valence-electron chi connectivity index (χ0n) is 12.9. The lowest BCUT2D eigenvalue weighted by molar-refractivity contribution is -0.137. The smallest absolute Gasteiger partial charge is 0.417 e. The lowest BCUT2D eigenvalue weighted by atomic mass is 10.2. The van der Waals surface area contributed by atoms with Gasteiger partial charge in [-0.3, -0.25) is 4.79 Å². The number of carbonyl (C=O) groups is 1. The van der Waals surface area contributed by atoms with Gasteiger partial charge in [0.1, 0.15) is 11.6 Å². The van der Waals surface area contributed by atoms with Crippen LogP contribution in [0.5, 0.6) is 5.75 Å². The van der Waals surface area contributed by atoms with Crippen LogP contribution in [-0.2, 0) is 17.5 Å². The molecule has 1 aromatic heterocycles. The van der Waals surface area contributed by atoms with Gasteiger partial charge in [0.15, 0.2) is 6.61 Å². The van der Waals surface area contributed by atoms with E-state index in [0.717, 1.165) is 17.8 Å². The Bertz CT molecular complexity index is 670. The van der Waals surface area contributed by atoms with Gasteiger partial charge in [0, 0.05) is 19.8 Å². The Hall–Kier alpha value is -2.77. The van der Waals surface area contributed by atoms with Crippen molar-refractivity contribution in [3.63, 3.8) is 0 Å². The van der Waals surface area contributed by atoms with Gasteiger partial charge in [-0.05, 0) is 29.8 Å². The molecule has 128 valence electrons. The van der Waals surface area contributed by atoms with Gasteiger partial charge in [-0.1, -0.05) is 12.1 Å². The molecule has 1 heterocycles. The van der Waals surface area contributed by atoms with Crippen LogP contribution in [0.25, 0.3) is 0 Å². The summed E-state index contributed by atoms with van der Waals surface area (Å²) in [5, 5.41) is 5.38. The summed E-state index contributed by atoms with van der Waals surface area (Å²) < 4.78 is 42.6. The van der Waals surface area contributed by atoms with Crippen molar-refractivity contribution in [3.8, 4) is 5.75 Å². The number of nitrogens with zero attached hydrogens (tertiary/aromatic N) is 1. The molecule has 2 rings (SSSR count). The molecule has 8 heteroatoms. The van der Waals surface area contributed by atoms with Crippen molar-refractivity contribution in [1.82, 2.24) is 10.3 Å². The monoisotopic (exact) mass is 339 g/mol. The number of hydrogen-bond acceptors (Lipinski definition) is 4. The van der Waals surface area contributed by atoms with Crippen molar-refractivity contribution in [2.75, 3.05) is 19.0 Å². The number of likely N-dealkylation sites (N-methyl/N-ethyl adjacent to an activating group) is 1. The molecule has 0 radical (unpaired) electrons. The fourth-order valence-electron chi connectivity index (χ4n) is 1.78. The van der Waals surface area contributed by atoms with E-state index in [9.17, 15) is 18.0 Å². The van der Waals surface area contributed by atoms with E-state index in [1.54, 1.807) is 24.3 Å². The van der Waals surface area contributed by atoms with Crippen LogP contribution in [0, 0.1) is 0 Å². The van der Waals surface area contributed by atoms with E-state index in [4.69, 9.17) is 4.74 Å². The number of pyridine rings is 1. The second kappa shape index (κ2) is 7.67. The quantitative estimate of drug-likeness (QED) is 0.849. The van der Waals surface area contributed by atoms with Crippen LogP contribution in [0.15, 0.2) is 42.6 Å². The number of carbonyl (C=O) groups excluding carboxylic acids is 1. The maximum absolute atomic E-state index is 12.4. The number of rotatable bonds is 6. The minimum absolute atomic E-state index is 0.0659. The SMILES string of the molecule is CNC(=O)COc1ccc(CNc2ccc(C(F)(F)F)cn2)cc1. The highest BCUT2D eigenvalue weighted by Gasteiger charge is 2.30. The van der Waals surface area contributed by atoms with E-state index in [-0.39, 0.29) is 12.5 Å². The second-order valence-corrected chi connectivity index (χ2v) is 4.89. The first-order valence-electron chi connectivity index (χ1n) is 7.08. The number of hydrogen-bond donors (Lipinski definition) is 2. The van der Waals surface area contributed by atoms with Gasteiger partial charge in [0.2, 0.25) is 0 Å². The summed E-state index contributed by atoms with van der Waals surface area (Å²) in [6.45, 7) is 0.331. The van der Waals surface area contributed by atoms with Crippen molar-refractivity contribution in [2.45, 2.75) is 12.7 Å². The number of alkyl halides is 3. The average molecular weight is 339 g/mol. The van der Waals surface area contributed by atoms with Gasteiger partial charge in [0.05, 0.1) is 5.56 Å². The number of nitrogens with one attached hydrogen (secondary N) is 2. The van der Waals surface area contributed by atoms with Gasteiger partial charge in [0.25, 0.3) is 5.91 Å². The van der Waals surface area contributed by atoms with E-state index < -0.39 is 11.7 Å². The van der Waals surface area contributed by atoms with Crippen molar-refractivity contribution in [3.05, 3.63) is 53.7 Å². The van der Waals surface area contributed by atoms with Crippen LogP contribution < -0.4 is 15.4 Å². The minimum atomic E-state index is -4.39. The number of anilines is 1. The highest BCUT2D eigenvalue weighted by Crippen LogP contribution is 2.28. The zero-order valence-corrected chi connectivity index (χ0v) is 12.9. The van der Waals surface area contributed by atoms with Crippen LogP contribution in [0.2, 0.25) is 0 Å². The Kier molecular flexibility index (Phi) is 5.62. The largest absolute Gasteiger partial charge is 0.484 e. The Labute approximate surface area is 136 Å². The standard InChI is InChI=1S/C16H16F3N3O2/c1-20-15(23)10-24-13-5-2-11(3-6-13)8-21-14-7-4-12(9-22-14)16(17,18)19/h2-7,9H,8,10H2,1H3,(H,20,23)(H,21,22). The number of amides is 1. The molecule has 24 heavy (non-hydrogen) atoms. The average Bonchev–Trinajstić information content (AvgIpc) is 2.58. The maximum atomic E-state index is 12.4. The van der Waals surface area contributed by atoms with Crippen LogP contribution in [0.4, 0.5) is 19.0 Å². The Morgan fingerprint density at radius 2 is 1.88 bits per heavy atom. The summed E-state index contributed by atoms with van der Waals surface area (Å²) in [5.74, 6) is 0.673. The van der Waals surface area contributed by atoms with Crippen molar-refractivity contribution in [2.24, 2.45) is 0 Å². The molecule has 2 aromatic rings. The second-order valence-electron chi connectivity index (χ2n) is 4.89. The molecule has 1 amide bonds. The van der Waals surface area contributed by atoms with Crippen molar-refractivity contribution >= 4 is 11.7 Å². The number of aromatic nitrogens is 1. The molecule has 2 N–H and O–H groups in total. The molecular weight excluding hydrogens is 323 g/mol. The maximum Gasteiger partial charge on any atom is 0.417 e. The van der Waals surface area contributed by atoms with Crippen molar-refractivity contribution < 1.29 is 22.7 Å². The van der Waals surface area contributed by atoms with Gasteiger partial charge in [-0.2, -0.15) is 13.2 Å². The summed E-state index contributed by atoms with van der Waals surface area (Å²) in [6, 6.07) is 9.25. The Morgan fingerprint density at radius 3 is 2.42 bits per heavy atom. The topological polar surface area (TPSA) is 63.2 Å². The van der Waals surface area contributed by atoms with Gasteiger partial charge >= 0.3 is 6.18 Å². The highest BCUT2D eigenvalue weighted by molar-refractivity contribution is 5.77. The predicted octanol–water partition coefficient (Wildman–Crippen LogP) is 2.84. The molecule has 0 unspecified atom stereocenters. The molecule has 0 bridgehead atoms. The van der Waals surface area contributed by atoms with Gasteiger partial charge < -0.3 is 15.4 Å². The normalized spacial score (nSPS) is 11.0. The molecule has 0 spiro atoms. The zero-order chi connectivity index (χ0) is 17.6. The molecular formula is C16H16F3N3O2. The van der Waals surface area contributed by atoms with Crippen molar-refractivity contribution in [1.29, 1.82) is 0 Å². The van der Waals surface area contributed by atoms with E-state index in [1.807, 2.05) is 0 Å². The van der Waals surface area contributed by atoms with Crippen LogP contribution in [0.1, 0.15) is 11.1 Å². The number of halogens is 3. The van der Waals surface area contributed by atoms with E-state index in [1.165, 1.54) is 13.1 Å². The molecule has 5 nitrogen and oxygen atoms in total. The molecule has 0 aliphatic carbocycles. The predicted molar refractivity (Wildman–Crippen MR) is 82.6 cm³/mol. The van der Waals surface area contributed by atoms with E-state index >= 15 is 0 Å². The lowest BCUT2D eigenvalue weighted by Crippen LogP contribution is -2.24. The first kappa shape index (κ1) is 17.6. The molecule has 1 aromatic carbocycles. The fraction of sp³-hybridized carbons (Fsp3) is 0.250. The fourth-order valence-corrected chi connectivity index (χ4v) is 1.78. The molecule has 0 saturated heterocycles. The third-order valence-electron chi connectivity index (χ3n) is 3.14. The van der Waals surface area contributed by atoms with E-state index in [0.29, 0.717) is 18.1 Å². The minimum Gasteiger partial charge on any atom is -0.484 e. The molecule has 0 aliphatic rings. The number of benzene rings is 1. The summed E-state index contributed by atoms with van der Waals surface area (Å²) in [6.07, 6.45) is -3.60. The molecule has 0 atom stereocenters. The first-order chi connectivity index (χ1) is 11.4. The van der Waals surface area contributed by atoms with E-state index in [2.05, 4.69) is 15.6 Å². The molecule has 0 fully saturated rings. The highest BCUT2D eigenvalue weighted by atomic mass is 19.4. The molecule has 0 aliphatic heterocycles. The van der Waals surface area contributed by atoms with Gasteiger partial charge in [-0.15, -0.1) is 0 Å². The third-order valence-corrected chi connectivity index (χ3v) is 3.14. The lowest BCUT2D eigenvalue weighted by Gasteiger charge is -2.09. The Morgan fingerprint density at radius 1 is 1.17 bits per heavy atom. The summed E-state index contributed by atoms with van der Waals surface area (Å²) in [7, 11) is 1.52.